The van der Waals surface area contributed by atoms with Gasteiger partial charge in [-0.1, -0.05) is 30.1 Å². The molecule has 0 fully saturated rings. The average Bonchev–Trinajstić information content (AvgIpc) is 3.58. The third kappa shape index (κ3) is 9.00. The third-order valence-corrected chi connectivity index (χ3v) is 4.46. The van der Waals surface area contributed by atoms with Gasteiger partial charge in [-0.25, -0.2) is 4.79 Å². The van der Waals surface area contributed by atoms with E-state index in [4.69, 9.17) is 18.9 Å². The summed E-state index contributed by atoms with van der Waals surface area (Å²) in [6, 6.07) is 6.87. The molecule has 1 aromatic carbocycles. The van der Waals surface area contributed by atoms with E-state index in [1.807, 2.05) is 0 Å². The minimum atomic E-state index is -4.13. The Hall–Kier alpha value is -3.02. The zero-order valence-corrected chi connectivity index (χ0v) is 17.3. The highest BCUT2D eigenvalue weighted by atomic mass is 19.4. The lowest BCUT2D eigenvalue weighted by Gasteiger charge is -2.17. The van der Waals surface area contributed by atoms with E-state index in [1.165, 1.54) is 0 Å². The maximum absolute atomic E-state index is 12.4. The van der Waals surface area contributed by atoms with Crippen molar-refractivity contribution in [3.05, 3.63) is 65.7 Å². The van der Waals surface area contributed by atoms with Crippen LogP contribution in [0.5, 0.6) is 5.75 Å². The van der Waals surface area contributed by atoms with Crippen LogP contribution in [0.15, 0.2) is 60.1 Å². The van der Waals surface area contributed by atoms with Gasteiger partial charge >= 0.3 is 12.1 Å². The van der Waals surface area contributed by atoms with Crippen molar-refractivity contribution < 1.29 is 36.9 Å². The molecule has 1 aliphatic carbocycles. The van der Waals surface area contributed by atoms with Gasteiger partial charge in [-0.15, -0.1) is 0 Å². The van der Waals surface area contributed by atoms with Crippen molar-refractivity contribution in [1.82, 2.24) is 0 Å². The van der Waals surface area contributed by atoms with Crippen molar-refractivity contribution in [1.29, 1.82) is 0 Å². The van der Waals surface area contributed by atoms with Crippen LogP contribution in [0, 0.1) is 11.8 Å². The standard InChI is InChI=1S/C24H23F3O5/c25-24(26,27)12-1-2-14-30-20-10-8-19(9-11-20)23(28)32-21-7-3-5-18(15-21)6-4-13-29-16-22-17-31-22/h3,5,7-10,15,17,20H,1-2,11-14,16H2. The van der Waals surface area contributed by atoms with Gasteiger partial charge in [0.25, 0.3) is 0 Å². The van der Waals surface area contributed by atoms with E-state index in [0.717, 1.165) is 5.76 Å². The Morgan fingerprint density at radius 2 is 2.09 bits per heavy atom. The van der Waals surface area contributed by atoms with Crippen LogP contribution in [0.2, 0.25) is 0 Å². The predicted octanol–water partition coefficient (Wildman–Crippen LogP) is 4.84. The molecule has 0 aromatic heterocycles. The molecular formula is C24H23F3O5. The number of esters is 1. The van der Waals surface area contributed by atoms with Crippen LogP contribution in [0.25, 0.3) is 0 Å². The molecular weight excluding hydrogens is 425 g/mol. The average molecular weight is 448 g/mol. The summed E-state index contributed by atoms with van der Waals surface area (Å²) in [7, 11) is 0. The molecule has 1 aliphatic heterocycles. The van der Waals surface area contributed by atoms with Crippen LogP contribution in [-0.4, -0.2) is 38.1 Å². The molecule has 0 radical (unpaired) electrons. The van der Waals surface area contributed by atoms with Crippen molar-refractivity contribution in [3.8, 4) is 17.6 Å². The quantitative estimate of drug-likeness (QED) is 0.222. The molecule has 0 spiro atoms. The summed E-state index contributed by atoms with van der Waals surface area (Å²) in [5.41, 5.74) is 1.08. The van der Waals surface area contributed by atoms with Crippen LogP contribution in [0.4, 0.5) is 13.2 Å². The fourth-order valence-electron chi connectivity index (χ4n) is 2.79. The zero-order valence-electron chi connectivity index (χ0n) is 17.3. The minimum Gasteiger partial charge on any atom is -0.460 e. The maximum Gasteiger partial charge on any atom is 0.389 e. The molecule has 1 heterocycles. The molecule has 8 heteroatoms. The first-order valence-electron chi connectivity index (χ1n) is 10.2. The first kappa shape index (κ1) is 23.6. The molecule has 3 rings (SSSR count). The second-order valence-electron chi connectivity index (χ2n) is 7.15. The van der Waals surface area contributed by atoms with Crippen molar-refractivity contribution >= 4 is 5.97 Å². The van der Waals surface area contributed by atoms with Crippen molar-refractivity contribution in [2.45, 2.75) is 38.0 Å². The van der Waals surface area contributed by atoms with E-state index >= 15 is 0 Å². The number of benzene rings is 1. The number of hydrogen-bond acceptors (Lipinski definition) is 5. The summed E-state index contributed by atoms with van der Waals surface area (Å²) in [4.78, 5) is 12.4. The van der Waals surface area contributed by atoms with Gasteiger partial charge in [0.15, 0.2) is 5.76 Å². The van der Waals surface area contributed by atoms with E-state index < -0.39 is 18.6 Å². The van der Waals surface area contributed by atoms with Gasteiger partial charge in [0.05, 0.1) is 11.7 Å². The van der Waals surface area contributed by atoms with E-state index in [0.29, 0.717) is 36.3 Å². The summed E-state index contributed by atoms with van der Waals surface area (Å²) in [5.74, 6) is 6.48. The fraction of sp³-hybridized carbons (Fsp3) is 0.375. The van der Waals surface area contributed by atoms with Gasteiger partial charge in [-0.2, -0.15) is 13.2 Å². The van der Waals surface area contributed by atoms with Gasteiger partial charge in [-0.05, 0) is 43.5 Å². The predicted molar refractivity (Wildman–Crippen MR) is 110 cm³/mol. The summed E-state index contributed by atoms with van der Waals surface area (Å²) < 4.78 is 57.5. The summed E-state index contributed by atoms with van der Waals surface area (Å²) in [6.07, 6.45) is 2.25. The highest BCUT2D eigenvalue weighted by Crippen LogP contribution is 2.23. The number of rotatable bonds is 10. The van der Waals surface area contributed by atoms with Crippen LogP contribution in [0.1, 0.15) is 31.2 Å². The SMILES string of the molecule is O=C(Oc1cccc(C#CCOCC2=CO2)c1)C1=CCC(OCCCCC(F)(F)F)C=C1. The largest absolute Gasteiger partial charge is 0.460 e. The molecule has 0 N–H and O–H groups in total. The zero-order chi connectivity index (χ0) is 22.8. The monoisotopic (exact) mass is 448 g/mol. The van der Waals surface area contributed by atoms with Gasteiger partial charge in [-0.3, -0.25) is 0 Å². The number of ether oxygens (including phenoxy) is 4. The van der Waals surface area contributed by atoms with E-state index in [1.54, 1.807) is 48.8 Å². The molecule has 1 unspecified atom stereocenters. The van der Waals surface area contributed by atoms with E-state index in [2.05, 4.69) is 11.8 Å². The minimum absolute atomic E-state index is 0.0387. The Balaban J connectivity index is 1.39. The van der Waals surface area contributed by atoms with Crippen molar-refractivity contribution in [3.63, 3.8) is 0 Å². The highest BCUT2D eigenvalue weighted by Gasteiger charge is 2.26. The Bertz CT molecular complexity index is 950. The van der Waals surface area contributed by atoms with E-state index in [-0.39, 0.29) is 25.7 Å². The van der Waals surface area contributed by atoms with Gasteiger partial charge in [0.1, 0.15) is 25.2 Å². The van der Waals surface area contributed by atoms with E-state index in [9.17, 15) is 18.0 Å². The highest BCUT2D eigenvalue weighted by molar-refractivity contribution is 5.93. The lowest BCUT2D eigenvalue weighted by Crippen LogP contribution is -2.17. The molecule has 1 atom stereocenters. The van der Waals surface area contributed by atoms with Gasteiger partial charge in [0, 0.05) is 18.6 Å². The normalized spacial score (nSPS) is 16.9. The second kappa shape index (κ2) is 11.6. The second-order valence-corrected chi connectivity index (χ2v) is 7.15. The maximum atomic E-state index is 12.4. The first-order valence-corrected chi connectivity index (χ1v) is 10.2. The lowest BCUT2D eigenvalue weighted by molar-refractivity contribution is -0.136. The third-order valence-electron chi connectivity index (χ3n) is 4.46. The number of carbonyl (C=O) groups excluding carboxylic acids is 1. The van der Waals surface area contributed by atoms with Gasteiger partial charge < -0.3 is 18.9 Å². The molecule has 0 saturated carbocycles. The van der Waals surface area contributed by atoms with Crippen molar-refractivity contribution in [2.75, 3.05) is 19.8 Å². The molecule has 0 bridgehead atoms. The van der Waals surface area contributed by atoms with Crippen LogP contribution >= 0.6 is 0 Å². The summed E-state index contributed by atoms with van der Waals surface area (Å²) >= 11 is 0. The number of alkyl halides is 3. The molecule has 170 valence electrons. The first-order chi connectivity index (χ1) is 15.4. The topological polar surface area (TPSA) is 57.3 Å². The Morgan fingerprint density at radius 1 is 1.25 bits per heavy atom. The van der Waals surface area contributed by atoms with Crippen LogP contribution < -0.4 is 4.74 Å². The smallest absolute Gasteiger partial charge is 0.389 e. The Labute approximate surface area is 184 Å². The molecule has 0 saturated heterocycles. The molecule has 0 amide bonds. The molecule has 2 aliphatic rings. The summed E-state index contributed by atoms with van der Waals surface area (Å²) in [6.45, 7) is 0.899. The molecule has 32 heavy (non-hydrogen) atoms. The number of carbonyl (C=O) groups is 1. The molecule has 1 aromatic rings. The van der Waals surface area contributed by atoms with Crippen molar-refractivity contribution in [2.24, 2.45) is 0 Å². The summed E-state index contributed by atoms with van der Waals surface area (Å²) in [5, 5.41) is 0. The number of hydrogen-bond donors (Lipinski definition) is 0. The number of halogens is 3. The number of unbranched alkanes of at least 4 members (excludes halogenated alkanes) is 1. The van der Waals surface area contributed by atoms with Crippen LogP contribution in [-0.2, 0) is 19.0 Å². The fourth-order valence-corrected chi connectivity index (χ4v) is 2.79. The Kier molecular flexibility index (Phi) is 8.54. The van der Waals surface area contributed by atoms with Gasteiger partial charge in [0.2, 0.25) is 0 Å². The lowest BCUT2D eigenvalue weighted by atomic mass is 10.1. The van der Waals surface area contributed by atoms with Crippen LogP contribution in [0.3, 0.4) is 0 Å². The Morgan fingerprint density at radius 3 is 2.81 bits per heavy atom. The molecule has 5 nitrogen and oxygen atoms in total.